The van der Waals surface area contributed by atoms with Gasteiger partial charge in [-0.25, -0.2) is 9.97 Å². The second kappa shape index (κ2) is 5.43. The van der Waals surface area contributed by atoms with E-state index in [0.29, 0.717) is 11.3 Å². The van der Waals surface area contributed by atoms with Gasteiger partial charge in [0.15, 0.2) is 5.82 Å². The van der Waals surface area contributed by atoms with Gasteiger partial charge >= 0.3 is 0 Å². The summed E-state index contributed by atoms with van der Waals surface area (Å²) in [6.45, 7) is 4.42. The van der Waals surface area contributed by atoms with Crippen molar-refractivity contribution in [2.24, 2.45) is 4.99 Å². The monoisotopic (exact) mass is 235 g/mol. The van der Waals surface area contributed by atoms with Crippen molar-refractivity contribution >= 4 is 16.8 Å². The summed E-state index contributed by atoms with van der Waals surface area (Å²) < 4.78 is 0. The van der Waals surface area contributed by atoms with Crippen molar-refractivity contribution in [3.8, 4) is 0 Å². The van der Waals surface area contributed by atoms with Crippen molar-refractivity contribution in [2.45, 2.75) is 44.4 Å². The minimum atomic E-state index is 0.388. The highest BCUT2D eigenvalue weighted by molar-refractivity contribution is 8.14. The zero-order valence-corrected chi connectivity index (χ0v) is 10.6. The van der Waals surface area contributed by atoms with E-state index in [2.05, 4.69) is 23.8 Å². The van der Waals surface area contributed by atoms with Crippen molar-refractivity contribution in [1.82, 2.24) is 9.97 Å². The molecule has 4 heteroatoms. The first-order valence-corrected chi connectivity index (χ1v) is 6.65. The highest BCUT2D eigenvalue weighted by Gasteiger charge is 2.16. The lowest BCUT2D eigenvalue weighted by Crippen LogP contribution is -2.14. The Morgan fingerprint density at radius 2 is 1.94 bits per heavy atom. The fourth-order valence-corrected chi connectivity index (χ4v) is 2.88. The average Bonchev–Trinajstić information content (AvgIpc) is 2.27. The van der Waals surface area contributed by atoms with Crippen LogP contribution in [0.15, 0.2) is 23.5 Å². The predicted molar refractivity (Wildman–Crippen MR) is 68.9 cm³/mol. The first kappa shape index (κ1) is 11.6. The molecule has 2 unspecified atom stereocenters. The Morgan fingerprint density at radius 3 is 2.69 bits per heavy atom. The van der Waals surface area contributed by atoms with E-state index < -0.39 is 0 Å². The van der Waals surface area contributed by atoms with Gasteiger partial charge in [0.05, 0.1) is 0 Å². The molecule has 0 spiro atoms. The van der Waals surface area contributed by atoms with Gasteiger partial charge in [-0.1, -0.05) is 25.1 Å². The molecule has 1 aliphatic rings. The van der Waals surface area contributed by atoms with E-state index in [1.165, 1.54) is 19.3 Å². The molecule has 0 aliphatic carbocycles. The number of aliphatic imine (C=N–C) groups is 1. The summed E-state index contributed by atoms with van der Waals surface area (Å²) in [5, 5.41) is 1.61. The topological polar surface area (TPSA) is 38.1 Å². The van der Waals surface area contributed by atoms with Crippen molar-refractivity contribution in [3.05, 3.63) is 24.3 Å². The number of hydrogen-bond acceptors (Lipinski definition) is 4. The van der Waals surface area contributed by atoms with E-state index in [0.717, 1.165) is 10.9 Å². The third-order valence-corrected chi connectivity index (χ3v) is 3.79. The molecule has 0 radical (unpaired) electrons. The maximum absolute atomic E-state index is 4.71. The molecular formula is C12H17N3S. The molecule has 1 aromatic heterocycles. The van der Waals surface area contributed by atoms with Gasteiger partial charge in [0.1, 0.15) is 5.04 Å². The molecule has 16 heavy (non-hydrogen) atoms. The third kappa shape index (κ3) is 3.04. The van der Waals surface area contributed by atoms with Gasteiger partial charge in [-0.2, -0.15) is 0 Å². The maximum atomic E-state index is 4.71. The van der Waals surface area contributed by atoms with Crippen molar-refractivity contribution in [3.63, 3.8) is 0 Å². The Bertz CT molecular complexity index is 364. The Kier molecular flexibility index (Phi) is 3.93. The summed E-state index contributed by atoms with van der Waals surface area (Å²) in [5.74, 6) is 0.771. The molecule has 2 rings (SSSR count). The van der Waals surface area contributed by atoms with E-state index in [1.54, 1.807) is 24.2 Å². The second-order valence-electron chi connectivity index (χ2n) is 4.22. The van der Waals surface area contributed by atoms with Gasteiger partial charge in [0.2, 0.25) is 0 Å². The van der Waals surface area contributed by atoms with Gasteiger partial charge < -0.3 is 0 Å². The Hall–Kier alpha value is -0.900. The summed E-state index contributed by atoms with van der Waals surface area (Å²) >= 11 is 1.80. The van der Waals surface area contributed by atoms with Crippen LogP contribution >= 0.6 is 11.8 Å². The number of hydrogen-bond donors (Lipinski definition) is 0. The molecule has 1 aromatic rings. The summed E-state index contributed by atoms with van der Waals surface area (Å²) in [4.78, 5) is 13.3. The minimum Gasteiger partial charge on any atom is -0.272 e. The Labute approximate surface area is 101 Å². The molecule has 0 amide bonds. The largest absolute Gasteiger partial charge is 0.272 e. The lowest BCUT2D eigenvalue weighted by Gasteiger charge is -2.18. The lowest BCUT2D eigenvalue weighted by molar-refractivity contribution is 0.596. The normalized spacial score (nSPS) is 26.8. The number of rotatable bonds is 1. The molecule has 2 atom stereocenters. The quantitative estimate of drug-likeness (QED) is 0.751. The molecule has 3 nitrogen and oxygen atoms in total. The third-order valence-electron chi connectivity index (χ3n) is 2.64. The van der Waals surface area contributed by atoms with Crippen LogP contribution in [0.4, 0.5) is 0 Å². The fourth-order valence-electron chi connectivity index (χ4n) is 1.77. The van der Waals surface area contributed by atoms with Crippen LogP contribution in [-0.2, 0) is 0 Å². The fraction of sp³-hybridized carbons (Fsp3) is 0.583. The van der Waals surface area contributed by atoms with E-state index in [9.17, 15) is 0 Å². The number of aromatic nitrogens is 2. The van der Waals surface area contributed by atoms with Crippen LogP contribution in [0.2, 0.25) is 0 Å². The number of nitrogens with zero attached hydrogens (tertiary/aromatic N) is 3. The molecule has 0 fully saturated rings. The average molecular weight is 235 g/mol. The maximum Gasteiger partial charge on any atom is 0.184 e. The molecular weight excluding hydrogens is 218 g/mol. The van der Waals surface area contributed by atoms with Gasteiger partial charge in [0.25, 0.3) is 0 Å². The van der Waals surface area contributed by atoms with Gasteiger partial charge in [-0.15, -0.1) is 0 Å². The summed E-state index contributed by atoms with van der Waals surface area (Å²) in [6.07, 6.45) is 7.24. The summed E-state index contributed by atoms with van der Waals surface area (Å²) in [6, 6.07) is 2.23. The predicted octanol–water partition coefficient (Wildman–Crippen LogP) is 2.92. The van der Waals surface area contributed by atoms with Crippen LogP contribution in [0.1, 0.15) is 38.9 Å². The molecule has 0 saturated heterocycles. The smallest absolute Gasteiger partial charge is 0.184 e. The standard InChI is InChI=1S/C12H17N3S/c1-9-5-3-6-10(2)16-12(15-9)11-13-7-4-8-14-11/h4,7-10H,3,5-6H2,1-2H3. The lowest BCUT2D eigenvalue weighted by atomic mass is 10.1. The Morgan fingerprint density at radius 1 is 1.19 bits per heavy atom. The highest BCUT2D eigenvalue weighted by atomic mass is 32.2. The first-order chi connectivity index (χ1) is 7.75. The first-order valence-electron chi connectivity index (χ1n) is 5.77. The van der Waals surface area contributed by atoms with Gasteiger partial charge in [0, 0.05) is 23.7 Å². The van der Waals surface area contributed by atoms with Crippen LogP contribution in [0.5, 0.6) is 0 Å². The van der Waals surface area contributed by atoms with Crippen LogP contribution in [-0.4, -0.2) is 26.3 Å². The summed E-state index contributed by atoms with van der Waals surface area (Å²) in [7, 11) is 0. The van der Waals surface area contributed by atoms with E-state index in [1.807, 2.05) is 6.07 Å². The highest BCUT2D eigenvalue weighted by Crippen LogP contribution is 2.25. The molecule has 0 N–H and O–H groups in total. The van der Waals surface area contributed by atoms with E-state index >= 15 is 0 Å². The molecule has 2 heterocycles. The SMILES string of the molecule is CC1CCCC(C)SC(c2ncccn2)=N1. The van der Waals surface area contributed by atoms with Crippen LogP contribution < -0.4 is 0 Å². The van der Waals surface area contributed by atoms with Crippen LogP contribution in [0.3, 0.4) is 0 Å². The zero-order chi connectivity index (χ0) is 11.4. The molecule has 0 saturated carbocycles. The molecule has 0 aromatic carbocycles. The van der Waals surface area contributed by atoms with Crippen molar-refractivity contribution < 1.29 is 0 Å². The van der Waals surface area contributed by atoms with Gasteiger partial charge in [-0.05, 0) is 25.8 Å². The van der Waals surface area contributed by atoms with Crippen LogP contribution in [0.25, 0.3) is 0 Å². The number of thioether (sulfide) groups is 1. The molecule has 1 aliphatic heterocycles. The zero-order valence-electron chi connectivity index (χ0n) is 9.76. The van der Waals surface area contributed by atoms with Crippen molar-refractivity contribution in [2.75, 3.05) is 0 Å². The van der Waals surface area contributed by atoms with Gasteiger partial charge in [-0.3, -0.25) is 4.99 Å². The van der Waals surface area contributed by atoms with Crippen LogP contribution in [0, 0.1) is 0 Å². The molecule has 86 valence electrons. The molecule has 0 bridgehead atoms. The summed E-state index contributed by atoms with van der Waals surface area (Å²) in [5.41, 5.74) is 0. The van der Waals surface area contributed by atoms with E-state index in [-0.39, 0.29) is 0 Å². The van der Waals surface area contributed by atoms with Crippen molar-refractivity contribution in [1.29, 1.82) is 0 Å². The Balaban J connectivity index is 2.25. The minimum absolute atomic E-state index is 0.388. The van der Waals surface area contributed by atoms with E-state index in [4.69, 9.17) is 4.99 Å². The second-order valence-corrected chi connectivity index (χ2v) is 5.64.